The van der Waals surface area contributed by atoms with Crippen molar-refractivity contribution >= 4 is 46.4 Å². The summed E-state index contributed by atoms with van der Waals surface area (Å²) in [5.41, 5.74) is 3.21. The quantitative estimate of drug-likeness (QED) is 0.478. The van der Waals surface area contributed by atoms with E-state index in [9.17, 15) is 22.8 Å². The summed E-state index contributed by atoms with van der Waals surface area (Å²) in [6.07, 6.45) is -5.89. The minimum atomic E-state index is -4.98. The molecule has 0 bridgehead atoms. The Morgan fingerprint density at radius 1 is 1.10 bits per heavy atom. The van der Waals surface area contributed by atoms with Crippen molar-refractivity contribution in [2.24, 2.45) is 5.10 Å². The molecule has 30 heavy (non-hydrogen) atoms. The third-order valence-corrected chi connectivity index (χ3v) is 4.25. The highest BCUT2D eigenvalue weighted by molar-refractivity contribution is 6.35. The van der Waals surface area contributed by atoms with E-state index in [0.717, 1.165) is 0 Å². The minimum absolute atomic E-state index is 0.0280. The van der Waals surface area contributed by atoms with Gasteiger partial charge in [-0.15, -0.1) is 0 Å². The fraction of sp³-hybridized carbons (Fsp3) is 0.211. The Labute approximate surface area is 180 Å². The van der Waals surface area contributed by atoms with Gasteiger partial charge in [0.2, 0.25) is 0 Å². The van der Waals surface area contributed by atoms with Crippen molar-refractivity contribution in [2.75, 3.05) is 5.32 Å². The number of hydrogen-bond acceptors (Lipinski definition) is 4. The zero-order valence-corrected chi connectivity index (χ0v) is 17.2. The van der Waals surface area contributed by atoms with Gasteiger partial charge in [0.15, 0.2) is 6.10 Å². The molecule has 1 atom stereocenters. The van der Waals surface area contributed by atoms with Gasteiger partial charge in [-0.2, -0.15) is 18.3 Å². The lowest BCUT2D eigenvalue weighted by molar-refractivity contribution is -0.167. The van der Waals surface area contributed by atoms with E-state index in [4.69, 9.17) is 27.9 Å². The summed E-state index contributed by atoms with van der Waals surface area (Å²) >= 11 is 11.8. The first-order chi connectivity index (χ1) is 14.0. The molecule has 0 aliphatic rings. The Balaban J connectivity index is 1.96. The Bertz CT molecular complexity index is 964. The number of nitrogens with one attached hydrogen (secondary N) is 2. The zero-order chi connectivity index (χ0) is 22.5. The van der Waals surface area contributed by atoms with Gasteiger partial charge in [-0.3, -0.25) is 9.59 Å². The first kappa shape index (κ1) is 23.5. The van der Waals surface area contributed by atoms with Gasteiger partial charge in [0.05, 0.1) is 10.7 Å². The Kier molecular flexibility index (Phi) is 7.69. The highest BCUT2D eigenvalue weighted by Gasteiger charge is 2.38. The van der Waals surface area contributed by atoms with E-state index in [2.05, 4.69) is 10.5 Å². The van der Waals surface area contributed by atoms with E-state index in [0.29, 0.717) is 16.3 Å². The normalized spacial score (nSPS) is 12.8. The van der Waals surface area contributed by atoms with Crippen LogP contribution in [-0.4, -0.2) is 29.8 Å². The molecule has 0 aromatic heterocycles. The molecule has 0 saturated heterocycles. The van der Waals surface area contributed by atoms with Crippen molar-refractivity contribution < 1.29 is 27.5 Å². The number of alkyl halides is 3. The highest BCUT2D eigenvalue weighted by Crippen LogP contribution is 2.28. The van der Waals surface area contributed by atoms with Crippen LogP contribution in [0.2, 0.25) is 10.0 Å². The lowest BCUT2D eigenvalue weighted by atomic mass is 10.1. The second kappa shape index (κ2) is 9.82. The topological polar surface area (TPSA) is 79.8 Å². The smallest absolute Gasteiger partial charge is 0.471 e. The van der Waals surface area contributed by atoms with Crippen molar-refractivity contribution in [3.63, 3.8) is 0 Å². The molecule has 0 aliphatic heterocycles. The van der Waals surface area contributed by atoms with Gasteiger partial charge in [-0.1, -0.05) is 35.3 Å². The standard InChI is InChI=1S/C19H16Cl2F3N3O3/c1-10(12-3-6-14(7-4-12)25-18(29)19(22,23)24)26-27-17(28)11(2)30-16-8-5-13(20)9-15(16)21/h3-9,11H,1-2H3,(H,25,29)(H,27,28). The molecule has 2 aromatic rings. The Morgan fingerprint density at radius 2 is 1.73 bits per heavy atom. The van der Waals surface area contributed by atoms with E-state index in [1.54, 1.807) is 18.3 Å². The van der Waals surface area contributed by atoms with Crippen LogP contribution in [0.15, 0.2) is 47.6 Å². The predicted molar refractivity (Wildman–Crippen MR) is 108 cm³/mol. The summed E-state index contributed by atoms with van der Waals surface area (Å²) in [4.78, 5) is 23.1. The maximum Gasteiger partial charge on any atom is 0.471 e. The van der Waals surface area contributed by atoms with Crippen molar-refractivity contribution in [1.82, 2.24) is 5.43 Å². The van der Waals surface area contributed by atoms with Crippen molar-refractivity contribution in [2.45, 2.75) is 26.1 Å². The number of amides is 2. The van der Waals surface area contributed by atoms with E-state index >= 15 is 0 Å². The summed E-state index contributed by atoms with van der Waals surface area (Å²) in [5.74, 6) is -2.34. The van der Waals surface area contributed by atoms with Gasteiger partial charge in [0.1, 0.15) is 5.75 Å². The SMILES string of the molecule is CC(=NNC(=O)C(C)Oc1ccc(Cl)cc1Cl)c1ccc(NC(=O)C(F)(F)F)cc1. The highest BCUT2D eigenvalue weighted by atomic mass is 35.5. The average molecular weight is 462 g/mol. The number of hydrazone groups is 1. The summed E-state index contributed by atoms with van der Waals surface area (Å²) in [6.45, 7) is 3.09. The van der Waals surface area contributed by atoms with Crippen LogP contribution >= 0.6 is 23.2 Å². The number of nitrogens with zero attached hydrogens (tertiary/aromatic N) is 1. The second-order valence-corrected chi connectivity index (χ2v) is 6.88. The third kappa shape index (κ3) is 6.64. The molecule has 160 valence electrons. The molecule has 2 amide bonds. The molecule has 0 saturated carbocycles. The van der Waals surface area contributed by atoms with Crippen molar-refractivity contribution in [1.29, 1.82) is 0 Å². The van der Waals surface area contributed by atoms with Gasteiger partial charge in [0.25, 0.3) is 5.91 Å². The number of benzene rings is 2. The molecular weight excluding hydrogens is 446 g/mol. The molecule has 2 rings (SSSR count). The van der Waals surface area contributed by atoms with E-state index in [-0.39, 0.29) is 16.5 Å². The molecule has 2 aromatic carbocycles. The van der Waals surface area contributed by atoms with Gasteiger partial charge in [0, 0.05) is 10.7 Å². The molecule has 11 heteroatoms. The van der Waals surface area contributed by atoms with Crippen LogP contribution in [0.3, 0.4) is 0 Å². The lowest BCUT2D eigenvalue weighted by Crippen LogP contribution is -2.34. The van der Waals surface area contributed by atoms with Crippen LogP contribution in [0.5, 0.6) is 5.75 Å². The number of anilines is 1. The van der Waals surface area contributed by atoms with Crippen molar-refractivity contribution in [3.8, 4) is 5.75 Å². The van der Waals surface area contributed by atoms with Crippen LogP contribution in [0.4, 0.5) is 18.9 Å². The van der Waals surface area contributed by atoms with Crippen molar-refractivity contribution in [3.05, 3.63) is 58.1 Å². The fourth-order valence-electron chi connectivity index (χ4n) is 2.11. The molecule has 0 fully saturated rings. The maximum absolute atomic E-state index is 12.3. The molecule has 0 radical (unpaired) electrons. The Hall–Kier alpha value is -2.78. The zero-order valence-electron chi connectivity index (χ0n) is 15.7. The summed E-state index contributed by atoms with van der Waals surface area (Å²) in [7, 11) is 0. The van der Waals surface area contributed by atoms with Gasteiger partial charge in [-0.25, -0.2) is 5.43 Å². The number of rotatable bonds is 6. The van der Waals surface area contributed by atoms with Crippen LogP contribution in [0.25, 0.3) is 0 Å². The van der Waals surface area contributed by atoms with Crippen LogP contribution in [0.1, 0.15) is 19.4 Å². The molecule has 2 N–H and O–H groups in total. The number of ether oxygens (including phenoxy) is 1. The number of carbonyl (C=O) groups excluding carboxylic acids is 2. The summed E-state index contributed by atoms with van der Waals surface area (Å²) < 4.78 is 42.3. The van der Waals surface area contributed by atoms with E-state index in [1.165, 1.54) is 43.3 Å². The largest absolute Gasteiger partial charge is 0.479 e. The molecule has 0 aliphatic carbocycles. The second-order valence-electron chi connectivity index (χ2n) is 6.04. The van der Waals surface area contributed by atoms with Crippen LogP contribution in [0, 0.1) is 0 Å². The molecule has 0 heterocycles. The summed E-state index contributed by atoms with van der Waals surface area (Å²) in [6, 6.07) is 10.0. The Morgan fingerprint density at radius 3 is 2.30 bits per heavy atom. The van der Waals surface area contributed by atoms with Gasteiger partial charge < -0.3 is 10.1 Å². The molecule has 0 spiro atoms. The van der Waals surface area contributed by atoms with Crippen LogP contribution in [-0.2, 0) is 9.59 Å². The molecular formula is C19H16Cl2F3N3O3. The predicted octanol–water partition coefficient (Wildman–Crippen LogP) is 4.80. The monoisotopic (exact) mass is 461 g/mol. The number of halogens is 5. The third-order valence-electron chi connectivity index (χ3n) is 3.72. The summed E-state index contributed by atoms with van der Waals surface area (Å²) in [5, 5.41) is 6.35. The molecule has 6 nitrogen and oxygen atoms in total. The number of hydrogen-bond donors (Lipinski definition) is 2. The number of carbonyl (C=O) groups is 2. The maximum atomic E-state index is 12.3. The average Bonchev–Trinajstić information content (AvgIpc) is 2.67. The first-order valence-electron chi connectivity index (χ1n) is 8.42. The van der Waals surface area contributed by atoms with Crippen LogP contribution < -0.4 is 15.5 Å². The van der Waals surface area contributed by atoms with E-state index < -0.39 is 24.1 Å². The van der Waals surface area contributed by atoms with Gasteiger partial charge >= 0.3 is 12.1 Å². The molecule has 1 unspecified atom stereocenters. The van der Waals surface area contributed by atoms with Gasteiger partial charge in [-0.05, 0) is 49.7 Å². The lowest BCUT2D eigenvalue weighted by Gasteiger charge is -2.14. The minimum Gasteiger partial charge on any atom is -0.479 e. The fourth-order valence-corrected chi connectivity index (χ4v) is 2.56. The first-order valence-corrected chi connectivity index (χ1v) is 9.17. The van der Waals surface area contributed by atoms with E-state index in [1.807, 2.05) is 0 Å².